The van der Waals surface area contributed by atoms with Gasteiger partial charge in [-0.25, -0.2) is 4.79 Å². The quantitative estimate of drug-likeness (QED) is 0.162. The third-order valence-electron chi connectivity index (χ3n) is 4.50. The highest BCUT2D eigenvalue weighted by Gasteiger charge is 2.23. The van der Waals surface area contributed by atoms with Gasteiger partial charge in [-0.15, -0.1) is 0 Å². The average Bonchev–Trinajstić information content (AvgIpc) is 2.74. The van der Waals surface area contributed by atoms with Gasteiger partial charge < -0.3 is 35.4 Å². The number of nitrogens with one attached hydrogen (secondary N) is 1. The summed E-state index contributed by atoms with van der Waals surface area (Å²) in [4.78, 5) is 26.9. The number of hydrogen-bond acceptors (Lipinski definition) is 8. The molecule has 0 spiro atoms. The molecule has 5 N–H and O–H groups in total. The largest absolute Gasteiger partial charge is 0.504 e. The number of esters is 1. The van der Waals surface area contributed by atoms with Gasteiger partial charge in [-0.05, 0) is 68.5 Å². The molecular weight excluding hydrogens is 416 g/mol. The van der Waals surface area contributed by atoms with E-state index in [4.69, 9.17) is 4.74 Å². The molecule has 2 aromatic rings. The van der Waals surface area contributed by atoms with Crippen molar-refractivity contribution in [3.8, 4) is 23.0 Å². The molecule has 2 aromatic carbocycles. The molecule has 0 aliphatic heterocycles. The number of hydrogen-bond donors (Lipinski definition) is 5. The zero-order valence-corrected chi connectivity index (χ0v) is 18.0. The summed E-state index contributed by atoms with van der Waals surface area (Å²) in [5.74, 6) is -2.52. The van der Waals surface area contributed by atoms with E-state index < -0.39 is 18.0 Å². The Morgan fingerprint density at radius 2 is 1.66 bits per heavy atom. The van der Waals surface area contributed by atoms with E-state index in [1.807, 2.05) is 19.0 Å². The van der Waals surface area contributed by atoms with Gasteiger partial charge in [0.25, 0.3) is 5.91 Å². The van der Waals surface area contributed by atoms with Gasteiger partial charge in [0.2, 0.25) is 0 Å². The maximum absolute atomic E-state index is 12.6. The van der Waals surface area contributed by atoms with Crippen molar-refractivity contribution in [2.24, 2.45) is 0 Å². The van der Waals surface area contributed by atoms with Crippen LogP contribution in [0.15, 0.2) is 42.5 Å². The van der Waals surface area contributed by atoms with Crippen LogP contribution in [-0.2, 0) is 20.7 Å². The summed E-state index contributed by atoms with van der Waals surface area (Å²) in [6, 6.07) is 8.15. The molecule has 1 atom stereocenters. The maximum Gasteiger partial charge on any atom is 0.331 e. The molecule has 1 amide bonds. The number of phenols is 4. The van der Waals surface area contributed by atoms with E-state index in [9.17, 15) is 30.0 Å². The Bertz CT molecular complexity index is 973. The standard InChI is InChI=1S/C23H28N2O7/c1-25(2)11-3-10-24-23(31)21(14-16-5-8-18(27)20(29)13-16)32-22(30)9-6-15-4-7-17(26)19(28)12-15/h4-9,12-13,21,26-29H,3,10-11,14H2,1-2H3,(H,24,31)/b9-6+/t21-/m1/s1. The van der Waals surface area contributed by atoms with Crippen molar-refractivity contribution in [2.75, 3.05) is 27.2 Å². The second-order valence-corrected chi connectivity index (χ2v) is 7.48. The zero-order valence-electron chi connectivity index (χ0n) is 18.0. The minimum atomic E-state index is -1.16. The normalized spacial score (nSPS) is 12.1. The highest BCUT2D eigenvalue weighted by Crippen LogP contribution is 2.26. The molecular formula is C23H28N2O7. The molecule has 9 nitrogen and oxygen atoms in total. The van der Waals surface area contributed by atoms with Crippen LogP contribution in [0.1, 0.15) is 17.5 Å². The van der Waals surface area contributed by atoms with E-state index >= 15 is 0 Å². The van der Waals surface area contributed by atoms with Gasteiger partial charge in [0.05, 0.1) is 0 Å². The second-order valence-electron chi connectivity index (χ2n) is 7.48. The van der Waals surface area contributed by atoms with Crippen LogP contribution in [0.4, 0.5) is 0 Å². The first-order valence-electron chi connectivity index (χ1n) is 9.99. The van der Waals surface area contributed by atoms with Crippen molar-refractivity contribution in [1.29, 1.82) is 0 Å². The molecule has 0 bridgehead atoms. The predicted molar refractivity (Wildman–Crippen MR) is 118 cm³/mol. The summed E-state index contributed by atoms with van der Waals surface area (Å²) in [6.07, 6.45) is 2.02. The van der Waals surface area contributed by atoms with E-state index in [0.29, 0.717) is 24.1 Å². The first-order valence-corrected chi connectivity index (χ1v) is 9.99. The first kappa shape index (κ1) is 24.5. The Balaban J connectivity index is 2.08. The number of amides is 1. The number of aromatic hydroxyl groups is 4. The third kappa shape index (κ3) is 7.84. The van der Waals surface area contributed by atoms with Crippen molar-refractivity contribution in [3.63, 3.8) is 0 Å². The van der Waals surface area contributed by atoms with Gasteiger partial charge in [-0.2, -0.15) is 0 Å². The summed E-state index contributed by atoms with van der Waals surface area (Å²) in [6.45, 7) is 1.17. The summed E-state index contributed by atoms with van der Waals surface area (Å²) in [5, 5.41) is 40.8. The van der Waals surface area contributed by atoms with Gasteiger partial charge in [-0.1, -0.05) is 12.1 Å². The molecule has 0 saturated heterocycles. The number of benzene rings is 2. The Kier molecular flexibility index (Phi) is 8.91. The van der Waals surface area contributed by atoms with Crippen LogP contribution >= 0.6 is 0 Å². The Morgan fingerprint density at radius 3 is 2.28 bits per heavy atom. The fraction of sp³-hybridized carbons (Fsp3) is 0.304. The molecule has 0 aliphatic carbocycles. The van der Waals surface area contributed by atoms with Crippen molar-refractivity contribution in [3.05, 3.63) is 53.6 Å². The van der Waals surface area contributed by atoms with Crippen molar-refractivity contribution < 1.29 is 34.8 Å². The number of phenolic OH excluding ortho intramolecular Hbond substituents is 4. The highest BCUT2D eigenvalue weighted by atomic mass is 16.5. The summed E-state index contributed by atoms with van der Waals surface area (Å²) < 4.78 is 5.34. The van der Waals surface area contributed by atoms with Crippen LogP contribution in [0.2, 0.25) is 0 Å². The van der Waals surface area contributed by atoms with Gasteiger partial charge in [-0.3, -0.25) is 4.79 Å². The van der Waals surface area contributed by atoms with Crippen LogP contribution in [0.3, 0.4) is 0 Å². The SMILES string of the molecule is CN(C)CCCNC(=O)[C@@H](Cc1ccc(O)c(O)c1)OC(=O)/C=C/c1ccc(O)c(O)c1. The molecule has 0 heterocycles. The van der Waals surface area contributed by atoms with Crippen molar-refractivity contribution >= 4 is 18.0 Å². The number of ether oxygens (including phenoxy) is 1. The van der Waals surface area contributed by atoms with Gasteiger partial charge in [0.1, 0.15) is 0 Å². The predicted octanol–water partition coefficient (Wildman–Crippen LogP) is 1.74. The highest BCUT2D eigenvalue weighted by molar-refractivity contribution is 5.90. The van der Waals surface area contributed by atoms with E-state index in [2.05, 4.69) is 5.32 Å². The lowest BCUT2D eigenvalue weighted by atomic mass is 10.1. The zero-order chi connectivity index (χ0) is 23.7. The fourth-order valence-corrected chi connectivity index (χ4v) is 2.81. The number of carbonyl (C=O) groups excluding carboxylic acids is 2. The molecule has 0 aromatic heterocycles. The number of nitrogens with zero attached hydrogens (tertiary/aromatic N) is 1. The van der Waals surface area contributed by atoms with Crippen molar-refractivity contribution in [1.82, 2.24) is 10.2 Å². The van der Waals surface area contributed by atoms with Crippen LogP contribution in [0.25, 0.3) is 6.08 Å². The fourth-order valence-electron chi connectivity index (χ4n) is 2.81. The van der Waals surface area contributed by atoms with Crippen LogP contribution in [-0.4, -0.2) is 70.5 Å². The van der Waals surface area contributed by atoms with Gasteiger partial charge >= 0.3 is 5.97 Å². The molecule has 0 saturated carbocycles. The molecule has 0 unspecified atom stereocenters. The van der Waals surface area contributed by atoms with Crippen LogP contribution in [0, 0.1) is 0 Å². The molecule has 2 rings (SSSR count). The smallest absolute Gasteiger partial charge is 0.331 e. The lowest BCUT2D eigenvalue weighted by molar-refractivity contribution is -0.151. The van der Waals surface area contributed by atoms with E-state index in [0.717, 1.165) is 12.6 Å². The third-order valence-corrected chi connectivity index (χ3v) is 4.50. The maximum atomic E-state index is 12.6. The minimum Gasteiger partial charge on any atom is -0.504 e. The van der Waals surface area contributed by atoms with Gasteiger partial charge in [0, 0.05) is 19.0 Å². The summed E-state index contributed by atoms with van der Waals surface area (Å²) in [7, 11) is 3.84. The molecule has 32 heavy (non-hydrogen) atoms. The van der Waals surface area contributed by atoms with Gasteiger partial charge in [0.15, 0.2) is 29.1 Å². The van der Waals surface area contributed by atoms with Crippen molar-refractivity contribution in [2.45, 2.75) is 18.9 Å². The Hall–Kier alpha value is -3.72. The average molecular weight is 444 g/mol. The second kappa shape index (κ2) is 11.6. The molecule has 0 fully saturated rings. The van der Waals surface area contributed by atoms with Crippen LogP contribution in [0.5, 0.6) is 23.0 Å². The minimum absolute atomic E-state index is 0.00701. The topological polar surface area (TPSA) is 140 Å². The molecule has 172 valence electrons. The summed E-state index contributed by atoms with van der Waals surface area (Å²) in [5.41, 5.74) is 0.944. The molecule has 0 radical (unpaired) electrons. The van der Waals surface area contributed by atoms with E-state index in [-0.39, 0.29) is 29.4 Å². The lowest BCUT2D eigenvalue weighted by Gasteiger charge is -2.18. The molecule has 0 aliphatic rings. The Morgan fingerprint density at radius 1 is 1.00 bits per heavy atom. The van der Waals surface area contributed by atoms with Crippen LogP contribution < -0.4 is 5.32 Å². The number of rotatable bonds is 10. The summed E-state index contributed by atoms with van der Waals surface area (Å²) >= 11 is 0. The lowest BCUT2D eigenvalue weighted by Crippen LogP contribution is -2.40. The first-order chi connectivity index (χ1) is 15.2. The van der Waals surface area contributed by atoms with E-state index in [1.54, 1.807) is 0 Å². The van der Waals surface area contributed by atoms with E-state index in [1.165, 1.54) is 42.5 Å². The molecule has 9 heteroatoms. The number of carbonyl (C=O) groups is 2. The monoisotopic (exact) mass is 444 g/mol. The Labute approximate surface area is 186 Å².